The number of nitrogens with one attached hydrogen (secondary N) is 1. The highest BCUT2D eigenvalue weighted by molar-refractivity contribution is 8.14. The van der Waals surface area contributed by atoms with Crippen LogP contribution in [0.3, 0.4) is 0 Å². The number of hydrogen-bond donors (Lipinski definition) is 5. The first-order valence-corrected chi connectivity index (χ1v) is 8.27. The number of aliphatic imine (C=N–C) groups is 1. The summed E-state index contributed by atoms with van der Waals surface area (Å²) in [5, 5.41) is 41.6. The second kappa shape index (κ2) is 6.21. The molecular weight excluding hydrogens is 324 g/mol. The van der Waals surface area contributed by atoms with Crippen molar-refractivity contribution in [2.45, 2.75) is 63.0 Å². The lowest BCUT2D eigenvalue weighted by Gasteiger charge is -2.41. The number of hydrogen-bond acceptors (Lipinski definition) is 7. The molecule has 132 valence electrons. The molecule has 9 heteroatoms. The monoisotopic (exact) mass is 348 g/mol. The normalized spacial score (nSPS) is 36.8. The number of nitrogens with zero attached hydrogens (tertiary/aromatic N) is 1. The molecule has 0 aliphatic carbocycles. The van der Waals surface area contributed by atoms with Crippen molar-refractivity contribution in [3.63, 3.8) is 0 Å². The van der Waals surface area contributed by atoms with E-state index < -0.39 is 53.4 Å². The maximum Gasteiger partial charge on any atom is 0.405 e. The van der Waals surface area contributed by atoms with E-state index >= 15 is 0 Å². The highest BCUT2D eigenvalue weighted by Crippen LogP contribution is 2.44. The first-order valence-electron chi connectivity index (χ1n) is 7.39. The fourth-order valence-corrected chi connectivity index (χ4v) is 4.16. The Morgan fingerprint density at radius 1 is 1.30 bits per heavy atom. The molecule has 2 rings (SSSR count). The highest BCUT2D eigenvalue weighted by Gasteiger charge is 2.53. The van der Waals surface area contributed by atoms with E-state index in [9.17, 15) is 25.2 Å². The number of aliphatic hydroxyl groups excluding tert-OH is 3. The Balaban J connectivity index is 2.32. The first kappa shape index (κ1) is 18.5. The van der Waals surface area contributed by atoms with Gasteiger partial charge in [-0.25, -0.2) is 4.79 Å². The van der Waals surface area contributed by atoms with Crippen LogP contribution in [0, 0.1) is 5.41 Å². The fraction of sp³-hybridized carbons (Fsp3) is 0.857. The highest BCUT2D eigenvalue weighted by atomic mass is 32.2. The minimum Gasteiger partial charge on any atom is -0.465 e. The average molecular weight is 348 g/mol. The van der Waals surface area contributed by atoms with E-state index in [1.54, 1.807) is 6.92 Å². The quantitative estimate of drug-likeness (QED) is 0.485. The number of fused-ring (bicyclic) bond motifs is 1. The third-order valence-corrected chi connectivity index (χ3v) is 5.99. The number of thioether (sulfide) groups is 1. The summed E-state index contributed by atoms with van der Waals surface area (Å²) in [6.07, 6.45) is -4.47. The molecule has 5 N–H and O–H groups in total. The molecule has 2 aliphatic heterocycles. The van der Waals surface area contributed by atoms with Gasteiger partial charge in [-0.15, -0.1) is 0 Å². The van der Waals surface area contributed by atoms with Crippen molar-refractivity contribution in [1.82, 2.24) is 5.32 Å². The molecule has 6 atom stereocenters. The summed E-state index contributed by atoms with van der Waals surface area (Å²) in [6, 6.07) is -0.704. The molecule has 8 nitrogen and oxygen atoms in total. The zero-order chi connectivity index (χ0) is 17.6. The second-order valence-corrected chi connectivity index (χ2v) is 8.14. The molecule has 0 aromatic carbocycles. The van der Waals surface area contributed by atoms with Crippen LogP contribution in [0.2, 0.25) is 0 Å². The van der Waals surface area contributed by atoms with Gasteiger partial charge in [-0.3, -0.25) is 4.99 Å². The van der Waals surface area contributed by atoms with Gasteiger partial charge in [0.25, 0.3) is 0 Å². The van der Waals surface area contributed by atoms with Crippen molar-refractivity contribution in [1.29, 1.82) is 0 Å². The van der Waals surface area contributed by atoms with E-state index in [2.05, 4.69) is 10.3 Å². The van der Waals surface area contributed by atoms with Gasteiger partial charge in [0.2, 0.25) is 0 Å². The summed E-state index contributed by atoms with van der Waals surface area (Å²) in [5.41, 5.74) is -2.04. The molecule has 0 spiro atoms. The molecule has 0 aromatic rings. The standard InChI is InChI=1S/C14H24N2O6S/c1-13(2,3)14(4,16-12(20)21)11-15-7-9(19)8(18)6(5-17)22-10(7)23-11/h6-10,16-19H,5H2,1-4H3,(H,20,21)/t6-,7-,8-,9-,10-,14?/m1/s1. The number of amides is 1. The van der Waals surface area contributed by atoms with E-state index in [4.69, 9.17) is 4.74 Å². The molecule has 0 aromatic heterocycles. The van der Waals surface area contributed by atoms with Crippen molar-refractivity contribution >= 4 is 22.9 Å². The van der Waals surface area contributed by atoms with Crippen LogP contribution in [0.5, 0.6) is 0 Å². The van der Waals surface area contributed by atoms with Crippen LogP contribution in [0.1, 0.15) is 27.7 Å². The lowest BCUT2D eigenvalue weighted by molar-refractivity contribution is -0.164. The minimum absolute atomic E-state index is 0.415. The molecular formula is C14H24N2O6S. The predicted octanol–water partition coefficient (Wildman–Crippen LogP) is 0.0117. The zero-order valence-electron chi connectivity index (χ0n) is 13.6. The summed E-state index contributed by atoms with van der Waals surface area (Å²) in [5.74, 6) is 0. The van der Waals surface area contributed by atoms with E-state index in [0.29, 0.717) is 5.04 Å². The van der Waals surface area contributed by atoms with Crippen LogP contribution in [0.25, 0.3) is 0 Å². The van der Waals surface area contributed by atoms with Gasteiger partial charge in [0, 0.05) is 0 Å². The fourth-order valence-electron chi connectivity index (χ4n) is 2.60. The SMILES string of the molecule is CC(C)(C)C(C)(NC(=O)O)C1=N[C@@H]2[C@@H](O)[C@H](O)[C@@H](CO)O[C@@H]2S1. The third kappa shape index (κ3) is 3.20. The van der Waals surface area contributed by atoms with E-state index in [1.165, 1.54) is 11.8 Å². The molecule has 1 saturated heterocycles. The largest absolute Gasteiger partial charge is 0.465 e. The summed E-state index contributed by atoms with van der Waals surface area (Å²) in [4.78, 5) is 15.7. The van der Waals surface area contributed by atoms with Gasteiger partial charge >= 0.3 is 6.09 Å². The number of carboxylic acid groups (broad SMARTS) is 1. The zero-order valence-corrected chi connectivity index (χ0v) is 14.4. The summed E-state index contributed by atoms with van der Waals surface area (Å²) < 4.78 is 5.60. The third-order valence-electron chi connectivity index (χ3n) is 4.63. The van der Waals surface area contributed by atoms with Gasteiger partial charge in [0.05, 0.1) is 17.2 Å². The smallest absolute Gasteiger partial charge is 0.405 e. The van der Waals surface area contributed by atoms with Gasteiger partial charge in [-0.2, -0.15) is 0 Å². The van der Waals surface area contributed by atoms with Crippen molar-refractivity contribution in [3.05, 3.63) is 0 Å². The summed E-state index contributed by atoms with van der Waals surface area (Å²) >= 11 is 1.22. The maximum atomic E-state index is 11.2. The second-order valence-electron chi connectivity index (χ2n) is 7.05. The number of carbonyl (C=O) groups is 1. The average Bonchev–Trinajstić information content (AvgIpc) is 2.85. The Bertz CT molecular complexity index is 508. The molecule has 0 radical (unpaired) electrons. The van der Waals surface area contributed by atoms with Crippen LogP contribution in [0.4, 0.5) is 4.79 Å². The molecule has 1 amide bonds. The topological polar surface area (TPSA) is 132 Å². The molecule has 0 bridgehead atoms. The van der Waals surface area contributed by atoms with Gasteiger partial charge in [0.15, 0.2) is 0 Å². The Labute approximate surface area is 138 Å². The Morgan fingerprint density at radius 2 is 1.91 bits per heavy atom. The predicted molar refractivity (Wildman–Crippen MR) is 85.6 cm³/mol. The first-order chi connectivity index (χ1) is 10.5. The lowest BCUT2D eigenvalue weighted by Crippen LogP contribution is -2.59. The van der Waals surface area contributed by atoms with Crippen molar-refractivity contribution in [2.24, 2.45) is 10.4 Å². The summed E-state index contributed by atoms with van der Waals surface area (Å²) in [6.45, 7) is 6.97. The molecule has 2 heterocycles. The maximum absolute atomic E-state index is 11.2. The van der Waals surface area contributed by atoms with Crippen LogP contribution in [-0.4, -0.2) is 73.5 Å². The van der Waals surface area contributed by atoms with E-state index in [0.717, 1.165) is 0 Å². The summed E-state index contributed by atoms with van der Waals surface area (Å²) in [7, 11) is 0. The van der Waals surface area contributed by atoms with Crippen molar-refractivity contribution in [3.8, 4) is 0 Å². The Kier molecular flexibility index (Phi) is 4.99. The van der Waals surface area contributed by atoms with Crippen LogP contribution >= 0.6 is 11.8 Å². The Hall–Kier alpha value is -0.870. The van der Waals surface area contributed by atoms with E-state index in [-0.39, 0.29) is 0 Å². The molecule has 2 aliphatic rings. The number of ether oxygens (including phenoxy) is 1. The van der Waals surface area contributed by atoms with Crippen molar-refractivity contribution < 1.29 is 30.0 Å². The lowest BCUT2D eigenvalue weighted by atomic mass is 9.75. The molecule has 1 fully saturated rings. The Morgan fingerprint density at radius 3 is 2.39 bits per heavy atom. The van der Waals surface area contributed by atoms with Crippen LogP contribution < -0.4 is 5.32 Å². The van der Waals surface area contributed by atoms with Crippen molar-refractivity contribution in [2.75, 3.05) is 6.61 Å². The van der Waals surface area contributed by atoms with Crippen LogP contribution in [0.15, 0.2) is 4.99 Å². The van der Waals surface area contributed by atoms with E-state index in [1.807, 2.05) is 20.8 Å². The van der Waals surface area contributed by atoms with Gasteiger partial charge in [-0.05, 0) is 12.3 Å². The minimum atomic E-state index is -1.24. The van der Waals surface area contributed by atoms with Gasteiger partial charge in [0.1, 0.15) is 29.8 Å². The van der Waals surface area contributed by atoms with Crippen LogP contribution in [-0.2, 0) is 4.74 Å². The molecule has 23 heavy (non-hydrogen) atoms. The van der Waals surface area contributed by atoms with Gasteiger partial charge < -0.3 is 30.5 Å². The number of aliphatic hydroxyl groups is 3. The van der Waals surface area contributed by atoms with Gasteiger partial charge in [-0.1, -0.05) is 32.5 Å². The molecule has 0 saturated carbocycles. The molecule has 1 unspecified atom stereocenters. The number of rotatable bonds is 3.